The van der Waals surface area contributed by atoms with Crippen LogP contribution in [0.2, 0.25) is 0 Å². The SMILES string of the molecule is CCC(=O)O[C@]1(C(=O)CCl)[C@@H](C)C[C@H]2[C@@H]3C[C@H](C)C4=CC(=O)C=C[C@]4(C)[C@H]3[C@@H](O)C[C@@]21C. The highest BCUT2D eigenvalue weighted by atomic mass is 35.5. The summed E-state index contributed by atoms with van der Waals surface area (Å²) < 4.78 is 6.03. The van der Waals surface area contributed by atoms with Crippen molar-refractivity contribution in [2.45, 2.75) is 72.0 Å². The van der Waals surface area contributed by atoms with Gasteiger partial charge in [0.2, 0.25) is 0 Å². The molecule has 4 aliphatic carbocycles. The predicted octanol–water partition coefficient (Wildman–Crippen LogP) is 4.26. The molecule has 3 fully saturated rings. The van der Waals surface area contributed by atoms with Gasteiger partial charge in [-0.05, 0) is 49.2 Å². The van der Waals surface area contributed by atoms with Crippen molar-refractivity contribution in [3.63, 3.8) is 0 Å². The van der Waals surface area contributed by atoms with Gasteiger partial charge in [0.25, 0.3) is 0 Å². The number of allylic oxidation sites excluding steroid dienone is 4. The zero-order valence-corrected chi connectivity index (χ0v) is 20.4. The van der Waals surface area contributed by atoms with Gasteiger partial charge in [0, 0.05) is 29.1 Å². The Hall–Kier alpha value is -1.46. The summed E-state index contributed by atoms with van der Waals surface area (Å²) in [6.07, 6.45) is 6.80. The van der Waals surface area contributed by atoms with Crippen LogP contribution in [0.15, 0.2) is 23.8 Å². The third kappa shape index (κ3) is 2.96. The number of fused-ring (bicyclic) bond motifs is 5. The molecule has 4 rings (SSSR count). The Labute approximate surface area is 195 Å². The van der Waals surface area contributed by atoms with Gasteiger partial charge in [-0.25, -0.2) is 0 Å². The molecule has 0 aromatic heterocycles. The Kier molecular flexibility index (Phi) is 5.77. The number of hydrogen-bond donors (Lipinski definition) is 1. The monoisotopic (exact) mass is 462 g/mol. The Bertz CT molecular complexity index is 908. The lowest BCUT2D eigenvalue weighted by molar-refractivity contribution is -0.203. The summed E-state index contributed by atoms with van der Waals surface area (Å²) in [4.78, 5) is 38.0. The molecule has 0 amide bonds. The number of rotatable bonds is 4. The summed E-state index contributed by atoms with van der Waals surface area (Å²) in [5.74, 6) is -0.681. The van der Waals surface area contributed by atoms with Gasteiger partial charge in [-0.15, -0.1) is 11.6 Å². The summed E-state index contributed by atoms with van der Waals surface area (Å²) in [5.41, 5.74) is -1.32. The van der Waals surface area contributed by atoms with Crippen molar-refractivity contribution >= 4 is 29.1 Å². The highest BCUT2D eigenvalue weighted by Gasteiger charge is 2.72. The van der Waals surface area contributed by atoms with Crippen molar-refractivity contribution in [1.82, 2.24) is 0 Å². The van der Waals surface area contributed by atoms with Gasteiger partial charge in [-0.3, -0.25) is 14.4 Å². The lowest BCUT2D eigenvalue weighted by Crippen LogP contribution is -2.64. The molecule has 0 unspecified atom stereocenters. The van der Waals surface area contributed by atoms with Crippen LogP contribution in [0, 0.1) is 40.4 Å². The molecule has 0 bridgehead atoms. The van der Waals surface area contributed by atoms with E-state index in [1.54, 1.807) is 19.1 Å². The van der Waals surface area contributed by atoms with Crippen LogP contribution in [0.3, 0.4) is 0 Å². The molecule has 0 aromatic rings. The summed E-state index contributed by atoms with van der Waals surface area (Å²) in [7, 11) is 0. The van der Waals surface area contributed by atoms with Gasteiger partial charge in [0.15, 0.2) is 17.2 Å². The average Bonchev–Trinajstić information content (AvgIpc) is 2.95. The fraction of sp³-hybridized carbons (Fsp3) is 0.731. The smallest absolute Gasteiger partial charge is 0.306 e. The number of carbonyl (C=O) groups excluding carboxylic acids is 3. The number of aliphatic hydroxyl groups excluding tert-OH is 1. The van der Waals surface area contributed by atoms with E-state index >= 15 is 0 Å². The van der Waals surface area contributed by atoms with Crippen LogP contribution in [0.25, 0.3) is 0 Å². The van der Waals surface area contributed by atoms with Gasteiger partial charge in [0.1, 0.15) is 0 Å². The van der Waals surface area contributed by atoms with Crippen LogP contribution in [-0.2, 0) is 19.1 Å². The molecule has 5 nitrogen and oxygen atoms in total. The number of hydrogen-bond acceptors (Lipinski definition) is 5. The molecule has 32 heavy (non-hydrogen) atoms. The summed E-state index contributed by atoms with van der Waals surface area (Å²) in [5, 5.41) is 11.6. The molecular formula is C26H35ClO5. The molecule has 0 aromatic carbocycles. The minimum atomic E-state index is -1.32. The molecule has 4 aliphatic rings. The van der Waals surface area contributed by atoms with E-state index in [1.807, 2.05) is 19.9 Å². The maximum absolute atomic E-state index is 13.4. The van der Waals surface area contributed by atoms with E-state index in [-0.39, 0.29) is 53.5 Å². The second-order valence-electron chi connectivity index (χ2n) is 11.0. The van der Waals surface area contributed by atoms with Crippen molar-refractivity contribution in [2.24, 2.45) is 40.4 Å². The topological polar surface area (TPSA) is 80.7 Å². The summed E-state index contributed by atoms with van der Waals surface area (Å²) in [6.45, 7) is 10.0. The maximum Gasteiger partial charge on any atom is 0.306 e. The third-order valence-corrected chi connectivity index (χ3v) is 9.70. The molecule has 0 saturated heterocycles. The Morgan fingerprint density at radius 2 is 1.94 bits per heavy atom. The predicted molar refractivity (Wildman–Crippen MR) is 122 cm³/mol. The van der Waals surface area contributed by atoms with Gasteiger partial charge in [-0.2, -0.15) is 0 Å². The zero-order chi connectivity index (χ0) is 23.6. The minimum absolute atomic E-state index is 0.00519. The lowest BCUT2D eigenvalue weighted by atomic mass is 9.44. The molecule has 6 heteroatoms. The molecule has 0 spiro atoms. The van der Waals surface area contributed by atoms with E-state index in [2.05, 4.69) is 13.8 Å². The Morgan fingerprint density at radius 3 is 2.56 bits per heavy atom. The van der Waals surface area contributed by atoms with Crippen molar-refractivity contribution in [3.8, 4) is 0 Å². The molecule has 9 atom stereocenters. The van der Waals surface area contributed by atoms with Gasteiger partial charge in [0.05, 0.1) is 12.0 Å². The number of ether oxygens (including phenoxy) is 1. The number of esters is 1. The van der Waals surface area contributed by atoms with E-state index in [0.717, 1.165) is 18.4 Å². The van der Waals surface area contributed by atoms with Crippen molar-refractivity contribution in [1.29, 1.82) is 0 Å². The van der Waals surface area contributed by atoms with Gasteiger partial charge >= 0.3 is 5.97 Å². The van der Waals surface area contributed by atoms with Crippen LogP contribution in [0.5, 0.6) is 0 Å². The highest BCUT2D eigenvalue weighted by molar-refractivity contribution is 6.29. The first-order chi connectivity index (χ1) is 15.0. The normalized spacial score (nSPS) is 47.2. The van der Waals surface area contributed by atoms with Gasteiger partial charge < -0.3 is 9.84 Å². The fourth-order valence-electron chi connectivity index (χ4n) is 8.29. The van der Waals surface area contributed by atoms with Gasteiger partial charge in [-0.1, -0.05) is 46.3 Å². The Balaban J connectivity index is 1.83. The molecule has 0 heterocycles. The second kappa shape index (κ2) is 7.80. The fourth-order valence-corrected chi connectivity index (χ4v) is 8.49. The second-order valence-corrected chi connectivity index (χ2v) is 11.3. The van der Waals surface area contributed by atoms with Crippen molar-refractivity contribution < 1.29 is 24.2 Å². The number of halogens is 1. The van der Waals surface area contributed by atoms with Crippen LogP contribution in [0.1, 0.15) is 60.3 Å². The largest absolute Gasteiger partial charge is 0.450 e. The van der Waals surface area contributed by atoms with E-state index in [0.29, 0.717) is 6.42 Å². The number of Topliss-reactive ketones (excluding diaryl/α,β-unsaturated/α-hetero) is 1. The summed E-state index contributed by atoms with van der Waals surface area (Å²) >= 11 is 6.08. The number of alkyl halides is 1. The first-order valence-electron chi connectivity index (χ1n) is 11.9. The molecule has 3 saturated carbocycles. The lowest BCUT2D eigenvalue weighted by Gasteiger charge is -2.61. The maximum atomic E-state index is 13.4. The molecule has 0 radical (unpaired) electrons. The number of aliphatic hydroxyl groups is 1. The molecular weight excluding hydrogens is 428 g/mol. The third-order valence-electron chi connectivity index (χ3n) is 9.46. The van der Waals surface area contributed by atoms with E-state index < -0.39 is 28.5 Å². The first kappa shape index (κ1) is 23.7. The minimum Gasteiger partial charge on any atom is -0.450 e. The molecule has 1 N–H and O–H groups in total. The molecule has 0 aliphatic heterocycles. The quantitative estimate of drug-likeness (QED) is 0.498. The van der Waals surface area contributed by atoms with Crippen LogP contribution in [0.4, 0.5) is 0 Å². The number of carbonyl (C=O) groups is 3. The van der Waals surface area contributed by atoms with Crippen LogP contribution in [-0.4, -0.2) is 40.2 Å². The van der Waals surface area contributed by atoms with Crippen molar-refractivity contribution in [2.75, 3.05) is 5.88 Å². The standard InChI is InChI=1S/C26H35ClO5/c1-6-22(31)32-26(21(30)13-27)15(3)10-19-17-9-14(2)18-11-16(28)7-8-24(18,4)23(17)20(29)12-25(19,26)5/h7-8,11,14-15,17,19-20,23,29H,6,9-10,12-13H2,1-5H3/t14-,15-,17-,19-,20-,23+,24-,25-,26-/m0/s1. The Morgan fingerprint density at radius 1 is 1.25 bits per heavy atom. The first-order valence-corrected chi connectivity index (χ1v) is 12.4. The highest BCUT2D eigenvalue weighted by Crippen LogP contribution is 2.69. The number of ketones is 2. The van der Waals surface area contributed by atoms with Crippen LogP contribution >= 0.6 is 11.6 Å². The van der Waals surface area contributed by atoms with Crippen molar-refractivity contribution in [3.05, 3.63) is 23.8 Å². The van der Waals surface area contributed by atoms with Crippen LogP contribution < -0.4 is 0 Å². The average molecular weight is 463 g/mol. The molecule has 176 valence electrons. The zero-order valence-electron chi connectivity index (χ0n) is 19.7. The van der Waals surface area contributed by atoms with E-state index in [1.165, 1.54) is 0 Å². The van der Waals surface area contributed by atoms with E-state index in [9.17, 15) is 19.5 Å². The summed E-state index contributed by atoms with van der Waals surface area (Å²) in [6, 6.07) is 0. The van der Waals surface area contributed by atoms with E-state index in [4.69, 9.17) is 16.3 Å².